The molecule has 0 aromatic heterocycles. The van der Waals surface area contributed by atoms with Crippen LogP contribution in [0.1, 0.15) is 114 Å². The minimum Gasteiger partial charge on any atom is -0.346 e. The van der Waals surface area contributed by atoms with Crippen molar-refractivity contribution in [3.8, 4) is 0 Å². The van der Waals surface area contributed by atoms with E-state index in [-0.39, 0.29) is 42.3 Å². The molecule has 2 unspecified atom stereocenters. The first-order valence-electron chi connectivity index (χ1n) is 13.5. The topological polar surface area (TPSA) is 66.5 Å². The van der Waals surface area contributed by atoms with Crippen molar-refractivity contribution in [3.05, 3.63) is 36.1 Å². The molecule has 208 valence electrons. The minimum absolute atomic E-state index is 0. The van der Waals surface area contributed by atoms with E-state index in [1.165, 1.54) is 6.92 Å². The third-order valence-electron chi connectivity index (χ3n) is 6.00. The van der Waals surface area contributed by atoms with Crippen molar-refractivity contribution in [2.75, 3.05) is 13.6 Å². The van der Waals surface area contributed by atoms with E-state index in [9.17, 15) is 14.4 Å². The Kier molecular flexibility index (Phi) is 19.9. The van der Waals surface area contributed by atoms with Crippen molar-refractivity contribution in [1.29, 1.82) is 0 Å². The van der Waals surface area contributed by atoms with E-state index >= 15 is 0 Å². The molecule has 5 heteroatoms. The van der Waals surface area contributed by atoms with Crippen LogP contribution in [0.5, 0.6) is 0 Å². The van der Waals surface area contributed by atoms with Crippen LogP contribution < -0.4 is 5.32 Å². The Morgan fingerprint density at radius 1 is 0.944 bits per heavy atom. The smallest absolute Gasteiger partial charge is 0.225 e. The van der Waals surface area contributed by atoms with E-state index in [0.29, 0.717) is 18.5 Å². The summed E-state index contributed by atoms with van der Waals surface area (Å²) in [7, 11) is 1.92. The number of carbonyl (C=O) groups excluding carboxylic acids is 3. The number of ketones is 1. The zero-order valence-electron chi connectivity index (χ0n) is 23.8. The summed E-state index contributed by atoms with van der Waals surface area (Å²) in [5.41, 5.74) is 0.583. The summed E-state index contributed by atoms with van der Waals surface area (Å²) < 4.78 is 0. The predicted molar refractivity (Wildman–Crippen MR) is 155 cm³/mol. The summed E-state index contributed by atoms with van der Waals surface area (Å²) in [6.07, 6.45) is 18.4. The van der Waals surface area contributed by atoms with Crippen molar-refractivity contribution < 1.29 is 14.4 Å². The maximum Gasteiger partial charge on any atom is 0.225 e. The van der Waals surface area contributed by atoms with E-state index in [4.69, 9.17) is 0 Å². The summed E-state index contributed by atoms with van der Waals surface area (Å²) in [5, 5.41) is 2.74. The molecule has 0 aliphatic rings. The van der Waals surface area contributed by atoms with Crippen molar-refractivity contribution in [1.82, 2.24) is 10.2 Å². The van der Waals surface area contributed by atoms with Gasteiger partial charge in [-0.05, 0) is 43.4 Å². The molecule has 0 radical (unpaired) electrons. The highest BCUT2D eigenvalue weighted by molar-refractivity contribution is 5.97. The lowest BCUT2D eigenvalue weighted by Crippen LogP contribution is -2.34. The van der Waals surface area contributed by atoms with Crippen LogP contribution in [0.3, 0.4) is 0 Å². The Morgan fingerprint density at radius 2 is 1.53 bits per heavy atom. The second-order valence-corrected chi connectivity index (χ2v) is 11.1. The van der Waals surface area contributed by atoms with Crippen molar-refractivity contribution >= 4 is 17.6 Å². The number of hydrogen-bond acceptors (Lipinski definition) is 3. The van der Waals surface area contributed by atoms with Gasteiger partial charge in [0.25, 0.3) is 0 Å². The van der Waals surface area contributed by atoms with Crippen LogP contribution in [0.2, 0.25) is 0 Å². The molecule has 0 aliphatic heterocycles. The predicted octanol–water partition coefficient (Wildman–Crippen LogP) is 7.63. The van der Waals surface area contributed by atoms with Gasteiger partial charge in [-0.3, -0.25) is 14.4 Å². The lowest BCUT2D eigenvalue weighted by molar-refractivity contribution is -0.134. The fraction of sp³-hybridized carbons (Fsp3) is 0.710. The third kappa shape index (κ3) is 19.1. The Hall–Kier alpha value is -2.17. The Balaban J connectivity index is 0. The van der Waals surface area contributed by atoms with E-state index in [2.05, 4.69) is 39.1 Å². The van der Waals surface area contributed by atoms with Gasteiger partial charge in [-0.1, -0.05) is 98.6 Å². The zero-order valence-corrected chi connectivity index (χ0v) is 23.8. The summed E-state index contributed by atoms with van der Waals surface area (Å²) in [6, 6.07) is 0. The molecule has 0 aromatic rings. The summed E-state index contributed by atoms with van der Waals surface area (Å²) >= 11 is 0. The van der Waals surface area contributed by atoms with Gasteiger partial charge in [0.05, 0.1) is 5.70 Å². The van der Waals surface area contributed by atoms with E-state index in [1.807, 2.05) is 50.1 Å². The quantitative estimate of drug-likeness (QED) is 0.126. The molecule has 0 fully saturated rings. The highest BCUT2D eigenvalue weighted by atomic mass is 16.2. The first-order chi connectivity index (χ1) is 16.4. The molecule has 2 amide bonds. The number of Topliss-reactive ketones (excluding diaryl/α,β-unsaturated/α-hetero) is 1. The fourth-order valence-corrected chi connectivity index (χ4v) is 3.88. The van der Waals surface area contributed by atoms with Gasteiger partial charge in [-0.15, -0.1) is 0 Å². The lowest BCUT2D eigenvalue weighted by atomic mass is 9.85. The number of amides is 2. The van der Waals surface area contributed by atoms with Crippen molar-refractivity contribution in [3.63, 3.8) is 0 Å². The van der Waals surface area contributed by atoms with Gasteiger partial charge >= 0.3 is 0 Å². The van der Waals surface area contributed by atoms with Crippen LogP contribution in [-0.4, -0.2) is 36.1 Å². The van der Waals surface area contributed by atoms with E-state index < -0.39 is 0 Å². The maximum absolute atomic E-state index is 12.5. The fourth-order valence-electron chi connectivity index (χ4n) is 3.88. The molecule has 0 aliphatic carbocycles. The van der Waals surface area contributed by atoms with Gasteiger partial charge in [0.2, 0.25) is 11.8 Å². The molecular weight excluding hydrogens is 448 g/mol. The molecule has 0 bridgehead atoms. The summed E-state index contributed by atoms with van der Waals surface area (Å²) in [6.45, 7) is 15.0. The number of rotatable bonds is 17. The van der Waals surface area contributed by atoms with Crippen LogP contribution in [0.25, 0.3) is 0 Å². The second kappa shape index (κ2) is 20.0. The van der Waals surface area contributed by atoms with Gasteiger partial charge in [0.15, 0.2) is 5.78 Å². The number of hydrogen-bond donors (Lipinski definition) is 1. The molecule has 36 heavy (non-hydrogen) atoms. The summed E-state index contributed by atoms with van der Waals surface area (Å²) in [4.78, 5) is 38.1. The van der Waals surface area contributed by atoms with Crippen LogP contribution in [-0.2, 0) is 14.4 Å². The second-order valence-electron chi connectivity index (χ2n) is 11.1. The minimum atomic E-state index is -0.126. The molecule has 0 rings (SSSR count). The molecule has 2 atom stereocenters. The number of nitrogens with zero attached hydrogens (tertiary/aromatic N) is 1. The first-order valence-corrected chi connectivity index (χ1v) is 13.5. The number of allylic oxidation sites excluding steroid dienone is 6. The Morgan fingerprint density at radius 3 is 2.08 bits per heavy atom. The van der Waals surface area contributed by atoms with E-state index in [1.54, 1.807) is 0 Å². The monoisotopic (exact) mass is 504 g/mol. The molecule has 0 saturated carbocycles. The number of nitrogens with one attached hydrogen (secondary N) is 1. The zero-order chi connectivity index (χ0) is 26.9. The number of unbranched alkanes of at least 4 members (excludes halogenated alkanes) is 4. The average Bonchev–Trinajstić information content (AvgIpc) is 2.77. The van der Waals surface area contributed by atoms with Gasteiger partial charge in [-0.2, -0.15) is 0 Å². The van der Waals surface area contributed by atoms with Crippen LogP contribution >= 0.6 is 0 Å². The molecule has 0 aromatic carbocycles. The van der Waals surface area contributed by atoms with Gasteiger partial charge in [0.1, 0.15) is 0 Å². The summed E-state index contributed by atoms with van der Waals surface area (Å²) in [5.74, 6) is 0.366. The third-order valence-corrected chi connectivity index (χ3v) is 6.00. The van der Waals surface area contributed by atoms with Crippen LogP contribution in [0.4, 0.5) is 0 Å². The molecule has 1 N–H and O–H groups in total. The van der Waals surface area contributed by atoms with Gasteiger partial charge in [0, 0.05) is 32.9 Å². The van der Waals surface area contributed by atoms with Crippen LogP contribution in [0.15, 0.2) is 36.1 Å². The highest BCUT2D eigenvalue weighted by Crippen LogP contribution is 2.25. The van der Waals surface area contributed by atoms with E-state index in [0.717, 1.165) is 51.5 Å². The average molecular weight is 505 g/mol. The Labute approximate surface area is 222 Å². The largest absolute Gasteiger partial charge is 0.346 e. The highest BCUT2D eigenvalue weighted by Gasteiger charge is 2.23. The molecular formula is C31H56N2O3. The normalized spacial score (nSPS) is 13.9. The maximum atomic E-state index is 12.5. The standard InChI is InChI=1S/C30H52N2O3.CH4/c1-9-24(2)22-27(26(4)33)31-28(34)20-18-16-14-12-10-11-13-15-17-19-21-32(8)29(35)25(3)23-30(5,6)7;/h10,12,14,16,22,24-25H,9,11,13,15,17-21,23H2,1-8H3,(H,31,34);1H4/b12-10+,16-14-,27-22+;. The molecule has 5 nitrogen and oxygen atoms in total. The van der Waals surface area contributed by atoms with Crippen molar-refractivity contribution in [2.45, 2.75) is 114 Å². The molecule has 0 heterocycles. The van der Waals surface area contributed by atoms with Crippen LogP contribution in [0, 0.1) is 17.3 Å². The SMILES string of the molecule is C.CCC(C)/C=C(/NC(=O)CC/C=C\C=C\CCCCCCN(C)C(=O)C(C)CC(C)(C)C)C(C)=O. The molecule has 0 spiro atoms. The van der Waals surface area contributed by atoms with Gasteiger partial charge < -0.3 is 10.2 Å². The first kappa shape index (κ1) is 36.0. The van der Waals surface area contributed by atoms with Gasteiger partial charge in [-0.25, -0.2) is 0 Å². The van der Waals surface area contributed by atoms with Crippen molar-refractivity contribution in [2.24, 2.45) is 17.3 Å². The molecule has 0 saturated heterocycles. The Bertz CT molecular complexity index is 729. The number of carbonyl (C=O) groups is 3. The lowest BCUT2D eigenvalue weighted by Gasteiger charge is -2.26.